The van der Waals surface area contributed by atoms with Crippen molar-refractivity contribution in [2.45, 2.75) is 17.7 Å². The third-order valence-electron chi connectivity index (χ3n) is 4.97. The van der Waals surface area contributed by atoms with Crippen LogP contribution in [0.3, 0.4) is 0 Å². The highest BCUT2D eigenvalue weighted by Gasteiger charge is 2.31. The van der Waals surface area contributed by atoms with Crippen molar-refractivity contribution in [2.75, 3.05) is 23.9 Å². The van der Waals surface area contributed by atoms with Gasteiger partial charge in [0, 0.05) is 19.0 Å². The third kappa shape index (κ3) is 4.73. The number of primary amides is 1. The van der Waals surface area contributed by atoms with Crippen molar-refractivity contribution in [1.82, 2.24) is 4.90 Å². The molecule has 1 fully saturated rings. The zero-order valence-corrected chi connectivity index (χ0v) is 16.5. The molecule has 0 aromatic heterocycles. The van der Waals surface area contributed by atoms with Gasteiger partial charge in [-0.25, -0.2) is 12.8 Å². The number of benzene rings is 2. The van der Waals surface area contributed by atoms with Gasteiger partial charge in [-0.05, 0) is 49.2 Å². The van der Waals surface area contributed by atoms with Crippen molar-refractivity contribution < 1.29 is 22.4 Å². The maximum atomic E-state index is 13.3. The van der Waals surface area contributed by atoms with Crippen LogP contribution in [0.5, 0.6) is 0 Å². The van der Waals surface area contributed by atoms with Crippen LogP contribution in [0.1, 0.15) is 12.8 Å². The predicted octanol–water partition coefficient (Wildman–Crippen LogP) is 1.74. The lowest BCUT2D eigenvalue weighted by atomic mass is 9.96. The molecule has 0 bridgehead atoms. The Balaban J connectivity index is 1.85. The van der Waals surface area contributed by atoms with Crippen LogP contribution in [0.4, 0.5) is 10.1 Å². The summed E-state index contributed by atoms with van der Waals surface area (Å²) in [6, 6.07) is 12.7. The molecule has 7 nitrogen and oxygen atoms in total. The number of carbonyl (C=O) groups is 2. The molecule has 1 heterocycles. The molecule has 0 unspecified atom stereocenters. The lowest BCUT2D eigenvalue weighted by molar-refractivity contribution is -0.133. The maximum absolute atomic E-state index is 13.3. The van der Waals surface area contributed by atoms with E-state index in [0.717, 1.165) is 16.4 Å². The molecule has 2 amide bonds. The van der Waals surface area contributed by atoms with E-state index in [1.165, 1.54) is 29.2 Å². The topological polar surface area (TPSA) is 101 Å². The lowest BCUT2D eigenvalue weighted by Gasteiger charge is -2.33. The second-order valence-corrected chi connectivity index (χ2v) is 8.72. The molecule has 0 atom stereocenters. The Morgan fingerprint density at radius 3 is 2.17 bits per heavy atom. The van der Waals surface area contributed by atoms with Gasteiger partial charge in [0.2, 0.25) is 11.8 Å². The van der Waals surface area contributed by atoms with E-state index in [0.29, 0.717) is 25.9 Å². The highest BCUT2D eigenvalue weighted by molar-refractivity contribution is 7.92. The van der Waals surface area contributed by atoms with Crippen LogP contribution < -0.4 is 10.0 Å². The van der Waals surface area contributed by atoms with Gasteiger partial charge in [-0.3, -0.25) is 13.9 Å². The lowest BCUT2D eigenvalue weighted by Crippen LogP contribution is -2.47. The quantitative estimate of drug-likeness (QED) is 0.771. The van der Waals surface area contributed by atoms with Crippen LogP contribution in [0.15, 0.2) is 59.5 Å². The predicted molar refractivity (Wildman–Crippen MR) is 106 cm³/mol. The fraction of sp³-hybridized carbons (Fsp3) is 0.300. The van der Waals surface area contributed by atoms with Crippen LogP contribution in [-0.2, 0) is 19.6 Å². The first-order valence-electron chi connectivity index (χ1n) is 9.19. The van der Waals surface area contributed by atoms with E-state index in [9.17, 15) is 22.4 Å². The molecule has 0 spiro atoms. The van der Waals surface area contributed by atoms with E-state index in [-0.39, 0.29) is 16.5 Å². The van der Waals surface area contributed by atoms with E-state index >= 15 is 0 Å². The summed E-state index contributed by atoms with van der Waals surface area (Å²) in [5.74, 6) is -1.57. The summed E-state index contributed by atoms with van der Waals surface area (Å²) in [5, 5.41) is 0. The Labute approximate surface area is 169 Å². The zero-order chi connectivity index (χ0) is 21.0. The van der Waals surface area contributed by atoms with Crippen molar-refractivity contribution >= 4 is 27.5 Å². The molecule has 154 valence electrons. The number of carbonyl (C=O) groups excluding carboxylic acids is 2. The Morgan fingerprint density at radius 1 is 1.03 bits per heavy atom. The number of sulfonamides is 1. The number of hydrogen-bond acceptors (Lipinski definition) is 4. The van der Waals surface area contributed by atoms with Crippen LogP contribution >= 0.6 is 0 Å². The van der Waals surface area contributed by atoms with Crippen molar-refractivity contribution in [3.05, 3.63) is 60.4 Å². The van der Waals surface area contributed by atoms with Gasteiger partial charge >= 0.3 is 0 Å². The molecular weight excluding hydrogens is 397 g/mol. The maximum Gasteiger partial charge on any atom is 0.264 e. The van der Waals surface area contributed by atoms with E-state index in [1.807, 2.05) is 0 Å². The standard InChI is InChI=1S/C20H22FN3O4S/c21-16-6-8-17(9-7-16)24(29(27,28)18-4-2-1-3-5-18)14-19(25)23-12-10-15(11-13-23)20(22)26/h1-9,15H,10-14H2,(H2,22,26). The molecule has 0 saturated carbocycles. The van der Waals surface area contributed by atoms with E-state index in [1.54, 1.807) is 18.2 Å². The van der Waals surface area contributed by atoms with Crippen molar-refractivity contribution in [3.8, 4) is 0 Å². The summed E-state index contributed by atoms with van der Waals surface area (Å²) in [5.41, 5.74) is 5.51. The molecule has 1 aliphatic heterocycles. The minimum atomic E-state index is -4.04. The fourth-order valence-corrected chi connectivity index (χ4v) is 4.71. The first kappa shape index (κ1) is 20.8. The monoisotopic (exact) mass is 419 g/mol. The summed E-state index contributed by atoms with van der Waals surface area (Å²) in [6.07, 6.45) is 0.895. The van der Waals surface area contributed by atoms with Gasteiger partial charge in [-0.15, -0.1) is 0 Å². The van der Waals surface area contributed by atoms with Gasteiger partial charge in [-0.1, -0.05) is 18.2 Å². The SMILES string of the molecule is NC(=O)C1CCN(C(=O)CN(c2ccc(F)cc2)S(=O)(=O)c2ccccc2)CC1. The van der Waals surface area contributed by atoms with Crippen LogP contribution in [0, 0.1) is 11.7 Å². The summed E-state index contributed by atoms with van der Waals surface area (Å²) in [7, 11) is -4.04. The van der Waals surface area contributed by atoms with Crippen LogP contribution in [0.2, 0.25) is 0 Å². The molecule has 9 heteroatoms. The molecule has 2 N–H and O–H groups in total. The van der Waals surface area contributed by atoms with Gasteiger partial charge in [0.05, 0.1) is 10.6 Å². The number of anilines is 1. The highest BCUT2D eigenvalue weighted by atomic mass is 32.2. The van der Waals surface area contributed by atoms with Crippen molar-refractivity contribution in [3.63, 3.8) is 0 Å². The fourth-order valence-electron chi connectivity index (χ4n) is 3.28. The van der Waals surface area contributed by atoms with Gasteiger partial charge in [0.25, 0.3) is 10.0 Å². The summed E-state index contributed by atoms with van der Waals surface area (Å²) in [4.78, 5) is 25.7. The highest BCUT2D eigenvalue weighted by Crippen LogP contribution is 2.25. The van der Waals surface area contributed by atoms with E-state index < -0.39 is 34.2 Å². The molecule has 1 saturated heterocycles. The number of amides is 2. The molecule has 29 heavy (non-hydrogen) atoms. The molecule has 1 aliphatic rings. The van der Waals surface area contributed by atoms with E-state index in [2.05, 4.69) is 0 Å². The van der Waals surface area contributed by atoms with Crippen LogP contribution in [-0.4, -0.2) is 44.8 Å². The van der Waals surface area contributed by atoms with Gasteiger partial charge in [-0.2, -0.15) is 0 Å². The Bertz CT molecular complexity index is 973. The normalized spacial score (nSPS) is 15.1. The van der Waals surface area contributed by atoms with Gasteiger partial charge < -0.3 is 10.6 Å². The number of nitrogens with zero attached hydrogens (tertiary/aromatic N) is 2. The Kier molecular flexibility index (Phi) is 6.17. The molecule has 0 aliphatic carbocycles. The van der Waals surface area contributed by atoms with Crippen molar-refractivity contribution in [2.24, 2.45) is 11.7 Å². The first-order valence-corrected chi connectivity index (χ1v) is 10.6. The Hall–Kier alpha value is -2.94. The minimum Gasteiger partial charge on any atom is -0.369 e. The largest absolute Gasteiger partial charge is 0.369 e. The average Bonchev–Trinajstić information content (AvgIpc) is 2.73. The first-order chi connectivity index (χ1) is 13.8. The number of rotatable bonds is 6. The minimum absolute atomic E-state index is 0.0320. The van der Waals surface area contributed by atoms with E-state index in [4.69, 9.17) is 5.73 Å². The summed E-state index contributed by atoms with van der Waals surface area (Å²) in [6.45, 7) is 0.230. The van der Waals surface area contributed by atoms with Gasteiger partial charge in [0.1, 0.15) is 12.4 Å². The van der Waals surface area contributed by atoms with Crippen LogP contribution in [0.25, 0.3) is 0 Å². The number of likely N-dealkylation sites (tertiary alicyclic amines) is 1. The zero-order valence-electron chi connectivity index (χ0n) is 15.7. The average molecular weight is 419 g/mol. The van der Waals surface area contributed by atoms with Crippen molar-refractivity contribution in [1.29, 1.82) is 0 Å². The molecule has 2 aromatic rings. The molecule has 2 aromatic carbocycles. The second kappa shape index (κ2) is 8.60. The number of hydrogen-bond donors (Lipinski definition) is 1. The summed E-state index contributed by atoms with van der Waals surface area (Å²) < 4.78 is 40.7. The molecule has 0 radical (unpaired) electrons. The number of nitrogens with two attached hydrogens (primary N) is 1. The van der Waals surface area contributed by atoms with Gasteiger partial charge in [0.15, 0.2) is 0 Å². The summed E-state index contributed by atoms with van der Waals surface area (Å²) >= 11 is 0. The second-order valence-electron chi connectivity index (χ2n) is 6.86. The Morgan fingerprint density at radius 2 is 1.62 bits per heavy atom. The number of piperidine rings is 1. The number of halogens is 1. The third-order valence-corrected chi connectivity index (χ3v) is 6.76. The molecular formula is C20H22FN3O4S. The molecule has 3 rings (SSSR count). The smallest absolute Gasteiger partial charge is 0.264 e.